The van der Waals surface area contributed by atoms with Gasteiger partial charge in [0.25, 0.3) is 0 Å². The van der Waals surface area contributed by atoms with Crippen LogP contribution in [0.25, 0.3) is 0 Å². The van der Waals surface area contributed by atoms with Crippen LogP contribution in [0.15, 0.2) is 27.8 Å². The molecule has 2 saturated carbocycles. The van der Waals surface area contributed by atoms with E-state index >= 15 is 0 Å². The fraction of sp³-hybridized carbons (Fsp3) is 0.647. The van der Waals surface area contributed by atoms with Crippen LogP contribution >= 0.6 is 0 Å². The van der Waals surface area contributed by atoms with Crippen molar-refractivity contribution in [1.29, 1.82) is 0 Å². The average molecular weight is 316 g/mol. The van der Waals surface area contributed by atoms with Crippen LogP contribution in [0.3, 0.4) is 0 Å². The Kier molecular flexibility index (Phi) is 3.97. The van der Waals surface area contributed by atoms with Gasteiger partial charge in [-0.15, -0.1) is 0 Å². The lowest BCUT2D eigenvalue weighted by Crippen LogP contribution is -2.56. The molecule has 124 valence electrons. The maximum Gasteiger partial charge on any atom is 0.242 e. The van der Waals surface area contributed by atoms with Gasteiger partial charge in [0, 0.05) is 38.1 Å². The van der Waals surface area contributed by atoms with Crippen molar-refractivity contribution in [2.75, 3.05) is 26.2 Å². The van der Waals surface area contributed by atoms with Crippen molar-refractivity contribution in [3.63, 3.8) is 0 Å². The van der Waals surface area contributed by atoms with E-state index in [2.05, 4.69) is 10.2 Å². The Hall–Kier alpha value is -1.98. The van der Waals surface area contributed by atoms with E-state index in [1.54, 1.807) is 6.26 Å². The molecule has 1 aliphatic heterocycles. The summed E-state index contributed by atoms with van der Waals surface area (Å²) in [5.41, 5.74) is 0. The van der Waals surface area contributed by atoms with E-state index in [9.17, 15) is 4.79 Å². The van der Waals surface area contributed by atoms with E-state index in [-0.39, 0.29) is 5.91 Å². The summed E-state index contributed by atoms with van der Waals surface area (Å²) < 4.78 is 5.35. The van der Waals surface area contributed by atoms with E-state index < -0.39 is 0 Å². The molecule has 1 saturated heterocycles. The Morgan fingerprint density at radius 2 is 2.17 bits per heavy atom. The van der Waals surface area contributed by atoms with Crippen LogP contribution in [0.5, 0.6) is 0 Å². The molecule has 1 amide bonds. The minimum atomic E-state index is 0.245. The summed E-state index contributed by atoms with van der Waals surface area (Å²) in [7, 11) is 0. The van der Waals surface area contributed by atoms with Crippen LogP contribution in [-0.2, 0) is 11.2 Å². The topological polar surface area (TPSA) is 61.1 Å². The molecule has 0 unspecified atom stereocenters. The maximum atomic E-state index is 12.3. The zero-order valence-corrected chi connectivity index (χ0v) is 13.4. The molecule has 0 bridgehead atoms. The summed E-state index contributed by atoms with van der Waals surface area (Å²) in [5, 5.41) is 3.50. The summed E-state index contributed by atoms with van der Waals surface area (Å²) in [6.45, 7) is 2.84. The highest BCUT2D eigenvalue weighted by molar-refractivity contribution is 5.88. The van der Waals surface area contributed by atoms with Crippen molar-refractivity contribution in [2.24, 2.45) is 4.99 Å². The standard InChI is InChI=1S/C17H24N4O2/c22-16-12-20(9-10-21(16)14-5-6-14)17(19-13-3-4-13)18-8-7-15-2-1-11-23-15/h1-2,11,13-14H,3-10,12H2,(H,18,19). The predicted molar refractivity (Wildman–Crippen MR) is 87.2 cm³/mol. The van der Waals surface area contributed by atoms with Crippen LogP contribution in [0.2, 0.25) is 0 Å². The molecule has 0 radical (unpaired) electrons. The van der Waals surface area contributed by atoms with E-state index in [4.69, 9.17) is 9.41 Å². The van der Waals surface area contributed by atoms with Crippen LogP contribution in [-0.4, -0.2) is 59.9 Å². The molecule has 1 N–H and O–H groups in total. The van der Waals surface area contributed by atoms with Gasteiger partial charge in [-0.1, -0.05) is 0 Å². The second kappa shape index (κ2) is 6.26. The van der Waals surface area contributed by atoms with E-state index in [1.165, 1.54) is 25.7 Å². The van der Waals surface area contributed by atoms with Crippen molar-refractivity contribution in [2.45, 2.75) is 44.2 Å². The number of furan rings is 1. The number of piperazine rings is 1. The number of nitrogens with one attached hydrogen (secondary N) is 1. The molecule has 2 aliphatic carbocycles. The fourth-order valence-electron chi connectivity index (χ4n) is 3.01. The number of aliphatic imine (C=N–C) groups is 1. The number of hydrogen-bond donors (Lipinski definition) is 1. The van der Waals surface area contributed by atoms with Gasteiger partial charge in [0.2, 0.25) is 5.91 Å². The van der Waals surface area contributed by atoms with Crippen molar-refractivity contribution in [1.82, 2.24) is 15.1 Å². The third kappa shape index (κ3) is 3.68. The molecule has 2 heterocycles. The number of amides is 1. The molecule has 1 aromatic rings. The summed E-state index contributed by atoms with van der Waals surface area (Å²) in [4.78, 5) is 21.2. The Bertz CT molecular complexity index is 575. The minimum absolute atomic E-state index is 0.245. The summed E-state index contributed by atoms with van der Waals surface area (Å²) in [5.74, 6) is 2.09. The molecule has 0 aromatic carbocycles. The Balaban J connectivity index is 1.37. The number of hydrogen-bond acceptors (Lipinski definition) is 3. The van der Waals surface area contributed by atoms with Gasteiger partial charge in [-0.05, 0) is 37.8 Å². The molecule has 0 atom stereocenters. The van der Waals surface area contributed by atoms with E-state index in [1.807, 2.05) is 17.0 Å². The van der Waals surface area contributed by atoms with Gasteiger partial charge in [0.05, 0.1) is 12.8 Å². The normalized spacial score (nSPS) is 22.6. The third-order valence-corrected chi connectivity index (χ3v) is 4.65. The van der Waals surface area contributed by atoms with Gasteiger partial charge in [0.1, 0.15) is 5.76 Å². The fourth-order valence-corrected chi connectivity index (χ4v) is 3.01. The smallest absolute Gasteiger partial charge is 0.242 e. The van der Waals surface area contributed by atoms with Crippen molar-refractivity contribution in [3.05, 3.63) is 24.2 Å². The number of nitrogens with zero attached hydrogens (tertiary/aromatic N) is 3. The Morgan fingerprint density at radius 1 is 1.30 bits per heavy atom. The average Bonchev–Trinajstić information content (AvgIpc) is 3.47. The number of guanidine groups is 1. The van der Waals surface area contributed by atoms with Crippen molar-refractivity contribution >= 4 is 11.9 Å². The van der Waals surface area contributed by atoms with Gasteiger partial charge in [-0.2, -0.15) is 0 Å². The monoisotopic (exact) mass is 316 g/mol. The first kappa shape index (κ1) is 14.6. The minimum Gasteiger partial charge on any atom is -0.469 e. The predicted octanol–water partition coefficient (Wildman–Crippen LogP) is 1.24. The lowest BCUT2D eigenvalue weighted by atomic mass is 10.3. The third-order valence-electron chi connectivity index (χ3n) is 4.65. The molecular weight excluding hydrogens is 292 g/mol. The number of rotatable bonds is 5. The summed E-state index contributed by atoms with van der Waals surface area (Å²) in [6.07, 6.45) is 7.24. The van der Waals surface area contributed by atoms with E-state index in [0.717, 1.165) is 31.2 Å². The second-order valence-corrected chi connectivity index (χ2v) is 6.69. The van der Waals surface area contributed by atoms with Crippen LogP contribution in [0.1, 0.15) is 31.4 Å². The first-order chi connectivity index (χ1) is 11.3. The van der Waals surface area contributed by atoms with Crippen LogP contribution in [0, 0.1) is 0 Å². The molecule has 4 rings (SSSR count). The van der Waals surface area contributed by atoms with Gasteiger partial charge in [-0.3, -0.25) is 9.79 Å². The van der Waals surface area contributed by atoms with E-state index in [0.29, 0.717) is 25.2 Å². The first-order valence-corrected chi connectivity index (χ1v) is 8.67. The molecule has 23 heavy (non-hydrogen) atoms. The number of carbonyl (C=O) groups excluding carboxylic acids is 1. The van der Waals surface area contributed by atoms with Gasteiger partial charge < -0.3 is 19.5 Å². The molecule has 3 aliphatic rings. The van der Waals surface area contributed by atoms with Crippen molar-refractivity contribution < 1.29 is 9.21 Å². The molecule has 1 aromatic heterocycles. The van der Waals surface area contributed by atoms with Gasteiger partial charge in [-0.25, -0.2) is 0 Å². The quantitative estimate of drug-likeness (QED) is 0.656. The molecule has 6 nitrogen and oxygen atoms in total. The summed E-state index contributed by atoms with van der Waals surface area (Å²) >= 11 is 0. The Labute approximate surface area is 136 Å². The van der Waals surface area contributed by atoms with Gasteiger partial charge in [0.15, 0.2) is 5.96 Å². The highest BCUT2D eigenvalue weighted by Crippen LogP contribution is 2.28. The number of carbonyl (C=O) groups is 1. The second-order valence-electron chi connectivity index (χ2n) is 6.69. The van der Waals surface area contributed by atoms with Gasteiger partial charge >= 0.3 is 0 Å². The molecule has 0 spiro atoms. The molecule has 3 fully saturated rings. The lowest BCUT2D eigenvalue weighted by molar-refractivity contribution is -0.135. The molecular formula is C17H24N4O2. The Morgan fingerprint density at radius 3 is 2.83 bits per heavy atom. The first-order valence-electron chi connectivity index (χ1n) is 8.67. The highest BCUT2D eigenvalue weighted by Gasteiger charge is 2.37. The zero-order chi connectivity index (χ0) is 15.6. The highest BCUT2D eigenvalue weighted by atomic mass is 16.3. The maximum absolute atomic E-state index is 12.3. The SMILES string of the molecule is O=C1CN(C(=NCCc2ccco2)NC2CC2)CCN1C1CC1. The largest absolute Gasteiger partial charge is 0.469 e. The van der Waals surface area contributed by atoms with Crippen LogP contribution in [0.4, 0.5) is 0 Å². The van der Waals surface area contributed by atoms with Crippen LogP contribution < -0.4 is 5.32 Å². The zero-order valence-electron chi connectivity index (χ0n) is 13.4. The van der Waals surface area contributed by atoms with Crippen molar-refractivity contribution in [3.8, 4) is 0 Å². The molecule has 6 heteroatoms. The summed E-state index contributed by atoms with van der Waals surface area (Å²) in [6, 6.07) is 4.92. The lowest BCUT2D eigenvalue weighted by Gasteiger charge is -2.36.